The van der Waals surface area contributed by atoms with Gasteiger partial charge >= 0.3 is 0 Å². The highest BCUT2D eigenvalue weighted by molar-refractivity contribution is 7.99. The standard InChI is InChI=1S/C17H23N5O2S/c1-12-3-5-13(6-4-12)18-16(23)11-25-17-19-20-21-22(17)14-7-9-15(24-2)10-8-14/h7-10,12-13H,3-6,11H2,1-2H3,(H,18,23). The Kier molecular flexibility index (Phi) is 5.91. The second-order valence-electron chi connectivity index (χ2n) is 6.38. The Labute approximate surface area is 151 Å². The van der Waals surface area contributed by atoms with Crippen molar-refractivity contribution in [3.8, 4) is 11.4 Å². The number of aromatic nitrogens is 4. The van der Waals surface area contributed by atoms with Gasteiger partial charge in [0.05, 0.1) is 18.6 Å². The van der Waals surface area contributed by atoms with Crippen LogP contribution < -0.4 is 10.1 Å². The Morgan fingerprint density at radius 3 is 2.68 bits per heavy atom. The lowest BCUT2D eigenvalue weighted by molar-refractivity contribution is -0.119. The molecule has 8 heteroatoms. The van der Waals surface area contributed by atoms with Gasteiger partial charge in [-0.1, -0.05) is 18.7 Å². The Hall–Kier alpha value is -2.09. The highest BCUT2D eigenvalue weighted by Gasteiger charge is 2.20. The van der Waals surface area contributed by atoms with Gasteiger partial charge in [0.2, 0.25) is 11.1 Å². The molecule has 1 heterocycles. The molecular weight excluding hydrogens is 338 g/mol. The normalized spacial score (nSPS) is 20.2. The van der Waals surface area contributed by atoms with E-state index in [2.05, 4.69) is 27.8 Å². The summed E-state index contributed by atoms with van der Waals surface area (Å²) in [6.45, 7) is 2.27. The monoisotopic (exact) mass is 361 g/mol. The summed E-state index contributed by atoms with van der Waals surface area (Å²) in [6, 6.07) is 7.76. The van der Waals surface area contributed by atoms with Gasteiger partial charge in [-0.25, -0.2) is 0 Å². The lowest BCUT2D eigenvalue weighted by Gasteiger charge is -2.26. The summed E-state index contributed by atoms with van der Waals surface area (Å²) in [4.78, 5) is 12.2. The predicted octanol–water partition coefficient (Wildman–Crippen LogP) is 2.46. The molecule has 1 saturated carbocycles. The number of hydrogen-bond acceptors (Lipinski definition) is 6. The third kappa shape index (κ3) is 4.72. The fourth-order valence-corrected chi connectivity index (χ4v) is 3.66. The Morgan fingerprint density at radius 2 is 2.00 bits per heavy atom. The maximum Gasteiger partial charge on any atom is 0.230 e. The van der Waals surface area contributed by atoms with Gasteiger partial charge in [0.1, 0.15) is 5.75 Å². The first-order valence-electron chi connectivity index (χ1n) is 8.50. The number of benzene rings is 1. The molecule has 1 aromatic heterocycles. The van der Waals surface area contributed by atoms with Crippen molar-refractivity contribution in [2.45, 2.75) is 43.8 Å². The van der Waals surface area contributed by atoms with Crippen molar-refractivity contribution in [3.63, 3.8) is 0 Å². The summed E-state index contributed by atoms with van der Waals surface area (Å²) in [6.07, 6.45) is 4.52. The van der Waals surface area contributed by atoms with E-state index in [4.69, 9.17) is 4.74 Å². The van der Waals surface area contributed by atoms with E-state index in [-0.39, 0.29) is 5.91 Å². The zero-order valence-corrected chi connectivity index (χ0v) is 15.3. The van der Waals surface area contributed by atoms with Crippen molar-refractivity contribution in [2.24, 2.45) is 5.92 Å². The van der Waals surface area contributed by atoms with Crippen molar-refractivity contribution in [1.82, 2.24) is 25.5 Å². The number of tetrazole rings is 1. The van der Waals surface area contributed by atoms with Crippen LogP contribution in [-0.2, 0) is 4.79 Å². The minimum Gasteiger partial charge on any atom is -0.497 e. The molecule has 0 aliphatic heterocycles. The number of nitrogens with one attached hydrogen (secondary N) is 1. The lowest BCUT2D eigenvalue weighted by atomic mass is 9.87. The van der Waals surface area contributed by atoms with Crippen molar-refractivity contribution in [1.29, 1.82) is 0 Å². The second kappa shape index (κ2) is 8.33. The largest absolute Gasteiger partial charge is 0.497 e. The summed E-state index contributed by atoms with van der Waals surface area (Å²) >= 11 is 1.34. The van der Waals surface area contributed by atoms with Crippen LogP contribution in [0.3, 0.4) is 0 Å². The minimum atomic E-state index is 0.0360. The van der Waals surface area contributed by atoms with Gasteiger partial charge in [0, 0.05) is 6.04 Å². The number of amides is 1. The van der Waals surface area contributed by atoms with Crippen LogP contribution in [0, 0.1) is 5.92 Å². The third-order valence-corrected chi connectivity index (χ3v) is 5.39. The molecule has 0 bridgehead atoms. The van der Waals surface area contributed by atoms with Crippen molar-refractivity contribution < 1.29 is 9.53 Å². The highest BCUT2D eigenvalue weighted by Crippen LogP contribution is 2.24. The van der Waals surface area contributed by atoms with E-state index in [0.717, 1.165) is 30.2 Å². The zero-order valence-electron chi connectivity index (χ0n) is 14.5. The van der Waals surface area contributed by atoms with Gasteiger partial charge in [-0.3, -0.25) is 4.79 Å². The van der Waals surface area contributed by atoms with Crippen LogP contribution in [-0.4, -0.2) is 45.0 Å². The number of methoxy groups -OCH3 is 1. The number of thioether (sulfide) groups is 1. The summed E-state index contributed by atoms with van der Waals surface area (Å²) in [7, 11) is 1.62. The number of hydrogen-bond donors (Lipinski definition) is 1. The van der Waals surface area contributed by atoms with Crippen LogP contribution in [0.1, 0.15) is 32.6 Å². The van der Waals surface area contributed by atoms with Crippen LogP contribution in [0.5, 0.6) is 5.75 Å². The molecule has 25 heavy (non-hydrogen) atoms. The van der Waals surface area contributed by atoms with Crippen LogP contribution in [0.15, 0.2) is 29.4 Å². The van der Waals surface area contributed by atoms with E-state index in [9.17, 15) is 4.79 Å². The molecule has 134 valence electrons. The van der Waals surface area contributed by atoms with Gasteiger partial charge in [-0.2, -0.15) is 4.68 Å². The molecule has 1 aliphatic carbocycles. The summed E-state index contributed by atoms with van der Waals surface area (Å²) < 4.78 is 6.78. The number of nitrogens with zero attached hydrogens (tertiary/aromatic N) is 4. The summed E-state index contributed by atoms with van der Waals surface area (Å²) in [5.74, 6) is 1.89. The number of carbonyl (C=O) groups is 1. The van der Waals surface area contributed by atoms with E-state index in [1.165, 1.54) is 24.6 Å². The minimum absolute atomic E-state index is 0.0360. The van der Waals surface area contributed by atoms with Gasteiger partial charge in [-0.15, -0.1) is 5.10 Å². The van der Waals surface area contributed by atoms with Gasteiger partial charge < -0.3 is 10.1 Å². The maximum atomic E-state index is 12.2. The lowest BCUT2D eigenvalue weighted by Crippen LogP contribution is -2.38. The molecule has 1 fully saturated rings. The molecule has 0 saturated heterocycles. The summed E-state index contributed by atoms with van der Waals surface area (Å²) in [5, 5.41) is 15.5. The fourth-order valence-electron chi connectivity index (χ4n) is 2.96. The van der Waals surface area contributed by atoms with Crippen LogP contribution in [0.4, 0.5) is 0 Å². The van der Waals surface area contributed by atoms with E-state index >= 15 is 0 Å². The average molecular weight is 361 g/mol. The Bertz CT molecular complexity index is 695. The molecule has 1 amide bonds. The predicted molar refractivity (Wildman–Crippen MR) is 96.0 cm³/mol. The number of rotatable bonds is 6. The third-order valence-electron chi connectivity index (χ3n) is 4.47. The van der Waals surface area contributed by atoms with Crippen LogP contribution in [0.25, 0.3) is 5.69 Å². The molecule has 1 N–H and O–H groups in total. The first kappa shape index (κ1) is 17.7. The molecule has 0 atom stereocenters. The molecule has 0 radical (unpaired) electrons. The molecular formula is C17H23N5O2S. The number of carbonyl (C=O) groups excluding carboxylic acids is 1. The topological polar surface area (TPSA) is 81.9 Å². The van der Waals surface area contributed by atoms with E-state index in [1.807, 2.05) is 24.3 Å². The van der Waals surface area contributed by atoms with Gasteiger partial charge in [0.25, 0.3) is 0 Å². The zero-order chi connectivity index (χ0) is 17.6. The van der Waals surface area contributed by atoms with Crippen molar-refractivity contribution in [2.75, 3.05) is 12.9 Å². The molecule has 0 spiro atoms. The number of ether oxygens (including phenoxy) is 1. The van der Waals surface area contributed by atoms with E-state index in [1.54, 1.807) is 11.8 Å². The summed E-state index contributed by atoms with van der Waals surface area (Å²) in [5.41, 5.74) is 0.829. The van der Waals surface area contributed by atoms with Gasteiger partial charge in [-0.05, 0) is 66.3 Å². The first-order chi connectivity index (χ1) is 12.2. The molecule has 0 unspecified atom stereocenters. The van der Waals surface area contributed by atoms with Crippen molar-refractivity contribution >= 4 is 17.7 Å². The quantitative estimate of drug-likeness (QED) is 0.796. The SMILES string of the molecule is COc1ccc(-n2nnnc2SCC(=O)NC2CCC(C)CC2)cc1. The molecule has 1 aliphatic rings. The molecule has 7 nitrogen and oxygen atoms in total. The van der Waals surface area contributed by atoms with E-state index in [0.29, 0.717) is 17.0 Å². The van der Waals surface area contributed by atoms with E-state index < -0.39 is 0 Å². The molecule has 3 rings (SSSR count). The second-order valence-corrected chi connectivity index (χ2v) is 7.33. The van der Waals surface area contributed by atoms with Gasteiger partial charge in [0.15, 0.2) is 0 Å². The maximum absolute atomic E-state index is 12.2. The van der Waals surface area contributed by atoms with Crippen LogP contribution in [0.2, 0.25) is 0 Å². The average Bonchev–Trinajstić information content (AvgIpc) is 3.10. The van der Waals surface area contributed by atoms with Crippen molar-refractivity contribution in [3.05, 3.63) is 24.3 Å². The smallest absolute Gasteiger partial charge is 0.230 e. The highest BCUT2D eigenvalue weighted by atomic mass is 32.2. The molecule has 1 aromatic carbocycles. The Morgan fingerprint density at radius 1 is 1.28 bits per heavy atom. The molecule has 2 aromatic rings. The van der Waals surface area contributed by atoms with Crippen LogP contribution >= 0.6 is 11.8 Å². The fraction of sp³-hybridized carbons (Fsp3) is 0.529. The first-order valence-corrected chi connectivity index (χ1v) is 9.49. The Balaban J connectivity index is 1.55.